The first-order valence-corrected chi connectivity index (χ1v) is 4.43. The molecule has 0 bridgehead atoms. The highest BCUT2D eigenvalue weighted by molar-refractivity contribution is 6.33. The second-order valence-corrected chi connectivity index (χ2v) is 3.05. The Hall–Kier alpha value is -1.95. The fourth-order valence-electron chi connectivity index (χ4n) is 0.960. The molecule has 2 rings (SSSR count). The molecule has 0 aliphatic heterocycles. The topological polar surface area (TPSA) is 83.6 Å². The predicted octanol–water partition coefficient (Wildman–Crippen LogP) is 1.11. The minimum Gasteiger partial charge on any atom is -0.304 e. The van der Waals surface area contributed by atoms with E-state index in [0.717, 1.165) is 0 Å². The highest BCUT2D eigenvalue weighted by Crippen LogP contribution is 2.17. The van der Waals surface area contributed by atoms with E-state index >= 15 is 0 Å². The molecule has 0 saturated carbocycles. The van der Waals surface area contributed by atoms with Gasteiger partial charge in [0.05, 0.1) is 11.2 Å². The van der Waals surface area contributed by atoms with Crippen molar-refractivity contribution in [3.8, 4) is 0 Å². The van der Waals surface area contributed by atoms with Crippen LogP contribution in [-0.2, 0) is 0 Å². The first-order chi connectivity index (χ1) is 7.27. The summed E-state index contributed by atoms with van der Waals surface area (Å²) < 4.78 is 0. The summed E-state index contributed by atoms with van der Waals surface area (Å²) in [6.07, 6.45) is 2.84. The van der Waals surface area contributed by atoms with Crippen LogP contribution in [0.2, 0.25) is 5.02 Å². The number of pyridine rings is 1. The van der Waals surface area contributed by atoms with Crippen LogP contribution in [0.1, 0.15) is 10.5 Å². The van der Waals surface area contributed by atoms with Crippen molar-refractivity contribution in [3.63, 3.8) is 0 Å². The summed E-state index contributed by atoms with van der Waals surface area (Å²) in [5.74, 6) is -0.114. The average molecular weight is 224 g/mol. The van der Waals surface area contributed by atoms with Gasteiger partial charge >= 0.3 is 0 Å². The normalized spacial score (nSPS) is 9.93. The van der Waals surface area contributed by atoms with Crippen LogP contribution in [0.4, 0.5) is 5.82 Å². The molecule has 0 radical (unpaired) electrons. The molecular weight excluding hydrogens is 218 g/mol. The lowest BCUT2D eigenvalue weighted by molar-refractivity contribution is 0.102. The van der Waals surface area contributed by atoms with Gasteiger partial charge in [-0.2, -0.15) is 15.4 Å². The van der Waals surface area contributed by atoms with Crippen molar-refractivity contribution in [1.82, 2.24) is 20.4 Å². The Morgan fingerprint density at radius 2 is 2.40 bits per heavy atom. The van der Waals surface area contributed by atoms with Crippen LogP contribution in [0.15, 0.2) is 24.5 Å². The number of hydrogen-bond donors (Lipinski definition) is 2. The Morgan fingerprint density at radius 3 is 3.07 bits per heavy atom. The first-order valence-electron chi connectivity index (χ1n) is 4.05. The molecule has 2 heterocycles. The zero-order valence-electron chi connectivity index (χ0n) is 7.44. The van der Waals surface area contributed by atoms with Gasteiger partial charge in [-0.15, -0.1) is 0 Å². The summed E-state index contributed by atoms with van der Waals surface area (Å²) in [5, 5.41) is 12.4. The van der Waals surface area contributed by atoms with Crippen molar-refractivity contribution in [2.45, 2.75) is 0 Å². The lowest BCUT2D eigenvalue weighted by Crippen LogP contribution is -2.13. The summed E-state index contributed by atoms with van der Waals surface area (Å²) in [6.45, 7) is 0. The van der Waals surface area contributed by atoms with E-state index in [0.29, 0.717) is 10.8 Å². The predicted molar refractivity (Wildman–Crippen MR) is 53.6 cm³/mol. The van der Waals surface area contributed by atoms with Gasteiger partial charge in [0, 0.05) is 6.20 Å². The van der Waals surface area contributed by atoms with Crippen molar-refractivity contribution in [1.29, 1.82) is 0 Å². The number of hydrogen-bond acceptors (Lipinski definition) is 4. The molecule has 7 heteroatoms. The van der Waals surface area contributed by atoms with Gasteiger partial charge in [-0.05, 0) is 12.1 Å². The molecule has 76 valence electrons. The van der Waals surface area contributed by atoms with Crippen LogP contribution in [0.3, 0.4) is 0 Å². The molecule has 0 aromatic carbocycles. The third-order valence-electron chi connectivity index (χ3n) is 1.64. The van der Waals surface area contributed by atoms with Crippen molar-refractivity contribution < 1.29 is 4.79 Å². The number of nitrogens with zero attached hydrogens (tertiary/aromatic N) is 3. The number of aromatic nitrogens is 4. The molecule has 2 aromatic rings. The third-order valence-corrected chi connectivity index (χ3v) is 1.94. The second-order valence-electron chi connectivity index (χ2n) is 2.64. The van der Waals surface area contributed by atoms with Gasteiger partial charge in [0.2, 0.25) is 0 Å². The first kappa shape index (κ1) is 9.60. The maximum Gasteiger partial charge on any atom is 0.279 e. The molecule has 6 nitrogen and oxygen atoms in total. The quantitative estimate of drug-likeness (QED) is 0.799. The molecule has 2 aromatic heterocycles. The van der Waals surface area contributed by atoms with Crippen LogP contribution in [0.5, 0.6) is 0 Å². The largest absolute Gasteiger partial charge is 0.304 e. The molecule has 0 spiro atoms. The Balaban J connectivity index is 2.17. The van der Waals surface area contributed by atoms with Gasteiger partial charge in [-0.3, -0.25) is 4.79 Å². The molecule has 15 heavy (non-hydrogen) atoms. The Labute approximate surface area is 89.7 Å². The lowest BCUT2D eigenvalue weighted by Gasteiger charge is -2.02. The summed E-state index contributed by atoms with van der Waals surface area (Å²) in [7, 11) is 0. The lowest BCUT2D eigenvalue weighted by atomic mass is 10.4. The molecule has 2 N–H and O–H groups in total. The van der Waals surface area contributed by atoms with Gasteiger partial charge in [0.1, 0.15) is 0 Å². The maximum absolute atomic E-state index is 11.5. The molecule has 0 aliphatic rings. The molecular formula is C8H6ClN5O. The molecule has 0 fully saturated rings. The molecule has 1 amide bonds. The van der Waals surface area contributed by atoms with Gasteiger partial charge in [-0.1, -0.05) is 11.6 Å². The van der Waals surface area contributed by atoms with E-state index in [1.54, 1.807) is 12.1 Å². The molecule has 0 saturated heterocycles. The van der Waals surface area contributed by atoms with E-state index in [-0.39, 0.29) is 5.69 Å². The summed E-state index contributed by atoms with van der Waals surface area (Å²) in [5.41, 5.74) is 0.178. The number of nitrogens with one attached hydrogen (secondary N) is 2. The summed E-state index contributed by atoms with van der Waals surface area (Å²) >= 11 is 5.81. The fraction of sp³-hybridized carbons (Fsp3) is 0. The second kappa shape index (κ2) is 4.05. The minimum atomic E-state index is -0.413. The van der Waals surface area contributed by atoms with E-state index in [1.807, 2.05) is 0 Å². The van der Waals surface area contributed by atoms with Gasteiger partial charge in [-0.25, -0.2) is 4.98 Å². The van der Waals surface area contributed by atoms with Crippen molar-refractivity contribution >= 4 is 23.3 Å². The molecule has 0 aliphatic carbocycles. The van der Waals surface area contributed by atoms with Crippen LogP contribution >= 0.6 is 11.6 Å². The number of rotatable bonds is 2. The van der Waals surface area contributed by atoms with E-state index in [1.165, 1.54) is 12.4 Å². The van der Waals surface area contributed by atoms with Gasteiger partial charge < -0.3 is 5.32 Å². The SMILES string of the molecule is O=C(Nc1ncccc1Cl)c1cn[nH]n1. The van der Waals surface area contributed by atoms with Gasteiger partial charge in [0.25, 0.3) is 5.91 Å². The highest BCUT2D eigenvalue weighted by atomic mass is 35.5. The minimum absolute atomic E-state index is 0.178. The number of H-pyrrole nitrogens is 1. The van der Waals surface area contributed by atoms with E-state index in [2.05, 4.69) is 25.7 Å². The van der Waals surface area contributed by atoms with Crippen molar-refractivity contribution in [2.24, 2.45) is 0 Å². The maximum atomic E-state index is 11.5. The number of halogens is 1. The van der Waals surface area contributed by atoms with Gasteiger partial charge in [0.15, 0.2) is 11.5 Å². The number of carbonyl (C=O) groups is 1. The van der Waals surface area contributed by atoms with Crippen molar-refractivity contribution in [3.05, 3.63) is 35.2 Å². The zero-order valence-corrected chi connectivity index (χ0v) is 8.19. The summed E-state index contributed by atoms with van der Waals surface area (Å²) in [4.78, 5) is 15.4. The molecule has 0 atom stereocenters. The number of anilines is 1. The third kappa shape index (κ3) is 2.10. The average Bonchev–Trinajstić information content (AvgIpc) is 2.74. The highest BCUT2D eigenvalue weighted by Gasteiger charge is 2.10. The van der Waals surface area contributed by atoms with Crippen LogP contribution in [0.25, 0.3) is 0 Å². The van der Waals surface area contributed by atoms with Crippen molar-refractivity contribution in [2.75, 3.05) is 5.32 Å². The van der Waals surface area contributed by atoms with Crippen LogP contribution in [0, 0.1) is 0 Å². The Morgan fingerprint density at radius 1 is 1.53 bits per heavy atom. The standard InChI is InChI=1S/C8H6ClN5O/c9-5-2-1-3-10-7(5)12-8(15)6-4-11-14-13-6/h1-4H,(H,10,12,15)(H,11,13,14). The smallest absolute Gasteiger partial charge is 0.279 e. The fourth-order valence-corrected chi connectivity index (χ4v) is 1.13. The van der Waals surface area contributed by atoms with E-state index in [4.69, 9.17) is 11.6 Å². The summed E-state index contributed by atoms with van der Waals surface area (Å²) in [6, 6.07) is 3.31. The molecule has 0 unspecified atom stereocenters. The Kier molecular flexibility index (Phi) is 2.59. The zero-order chi connectivity index (χ0) is 10.7. The van der Waals surface area contributed by atoms with E-state index in [9.17, 15) is 4.79 Å². The van der Waals surface area contributed by atoms with Crippen LogP contribution in [-0.4, -0.2) is 26.3 Å². The van der Waals surface area contributed by atoms with Crippen LogP contribution < -0.4 is 5.32 Å². The monoisotopic (exact) mass is 223 g/mol. The number of aromatic amines is 1. The Bertz CT molecular complexity index is 470. The van der Waals surface area contributed by atoms with E-state index < -0.39 is 5.91 Å². The number of amides is 1. The number of carbonyl (C=O) groups excluding carboxylic acids is 1.